The van der Waals surface area contributed by atoms with Crippen LogP contribution in [0.25, 0.3) is 0 Å². The minimum absolute atomic E-state index is 0.0448. The summed E-state index contributed by atoms with van der Waals surface area (Å²) in [6.07, 6.45) is 0.830. The average molecular weight is 622 g/mol. The van der Waals surface area contributed by atoms with Crippen LogP contribution in [0, 0.1) is 6.92 Å². The van der Waals surface area contributed by atoms with Crippen molar-refractivity contribution in [2.45, 2.75) is 19.3 Å². The Morgan fingerprint density at radius 3 is 1.28 bits per heavy atom. The Morgan fingerprint density at radius 2 is 0.851 bits per heavy atom. The highest BCUT2D eigenvalue weighted by atomic mass is 28.3. The van der Waals surface area contributed by atoms with E-state index in [4.69, 9.17) is 0 Å². The Balaban J connectivity index is 1.56. The van der Waals surface area contributed by atoms with Gasteiger partial charge < -0.3 is 4.98 Å². The van der Waals surface area contributed by atoms with Gasteiger partial charge in [0.05, 0.1) is 0 Å². The molecule has 1 nitrogen and oxygen atoms in total. The van der Waals surface area contributed by atoms with Crippen LogP contribution in [0.4, 0.5) is 5.69 Å². The maximum Gasteiger partial charge on any atom is 0.250 e. The maximum atomic E-state index is 4.48. The van der Waals surface area contributed by atoms with Crippen molar-refractivity contribution in [2.75, 3.05) is 4.98 Å². The molecule has 0 saturated carbocycles. The van der Waals surface area contributed by atoms with E-state index in [0.29, 0.717) is 0 Å². The number of hydrogen-bond acceptors (Lipinski definition) is 1. The van der Waals surface area contributed by atoms with Gasteiger partial charge in [0.15, 0.2) is 0 Å². The summed E-state index contributed by atoms with van der Waals surface area (Å²) in [5.74, 6) is 0.0448. The normalized spacial score (nSPS) is 11.4. The third-order valence-corrected chi connectivity index (χ3v) is 13.4. The molecule has 0 radical (unpaired) electrons. The third-order valence-electron chi connectivity index (χ3n) is 9.14. The van der Waals surface area contributed by atoms with Gasteiger partial charge >= 0.3 is 0 Å². The van der Waals surface area contributed by atoms with Gasteiger partial charge in [-0.2, -0.15) is 0 Å². The Bertz CT molecular complexity index is 1870. The fourth-order valence-electron chi connectivity index (χ4n) is 7.04. The van der Waals surface area contributed by atoms with Crippen molar-refractivity contribution in [3.8, 4) is 0 Å². The highest BCUT2D eigenvalue weighted by Gasteiger charge is 2.41. The fraction of sp³-hybridized carbons (Fsp3) is 0.0667. The molecule has 0 aliphatic carbocycles. The maximum absolute atomic E-state index is 4.48. The van der Waals surface area contributed by atoms with Crippen LogP contribution < -0.4 is 20.5 Å². The molecule has 0 aromatic heterocycles. The molecule has 7 rings (SSSR count). The molecule has 0 heterocycles. The van der Waals surface area contributed by atoms with Crippen LogP contribution in [0.5, 0.6) is 0 Å². The summed E-state index contributed by atoms with van der Waals surface area (Å²) >= 11 is 0. The summed E-state index contributed by atoms with van der Waals surface area (Å²) < 4.78 is 0. The minimum Gasteiger partial charge on any atom is -0.400 e. The van der Waals surface area contributed by atoms with E-state index in [1.54, 1.807) is 0 Å². The molecule has 0 saturated heterocycles. The molecule has 2 heteroatoms. The van der Waals surface area contributed by atoms with Gasteiger partial charge in [0.25, 0.3) is 8.24 Å². The van der Waals surface area contributed by atoms with Crippen LogP contribution in [0.1, 0.15) is 39.3 Å². The summed E-state index contributed by atoms with van der Waals surface area (Å²) in [7, 11) is -2.86. The van der Waals surface area contributed by atoms with E-state index in [9.17, 15) is 0 Å². The van der Waals surface area contributed by atoms with Crippen LogP contribution in [0.15, 0.2) is 194 Å². The van der Waals surface area contributed by atoms with Crippen molar-refractivity contribution in [3.05, 3.63) is 228 Å². The number of aryl methyl sites for hydroxylation is 1. The van der Waals surface area contributed by atoms with Gasteiger partial charge in [-0.25, -0.2) is 0 Å². The quantitative estimate of drug-likeness (QED) is 0.119. The Hall–Kier alpha value is -5.44. The molecule has 228 valence electrons. The van der Waals surface area contributed by atoms with Crippen molar-refractivity contribution in [2.24, 2.45) is 0 Å². The van der Waals surface area contributed by atoms with Gasteiger partial charge in [0.2, 0.25) is 0 Å². The molecule has 0 aliphatic rings. The number of nitrogens with one attached hydrogen (secondary N) is 1. The van der Waals surface area contributed by atoms with Crippen LogP contribution in [-0.4, -0.2) is 8.24 Å². The Labute approximate surface area is 280 Å². The zero-order chi connectivity index (χ0) is 31.9. The molecule has 1 N–H and O–H groups in total. The van der Waals surface area contributed by atoms with E-state index >= 15 is 0 Å². The summed E-state index contributed by atoms with van der Waals surface area (Å²) in [6.45, 7) is 2.24. The SMILES string of the molecule is Cc1cc(Cc2ccccc2)c(N[Si](c2ccccc2)(c2ccccc2)c2ccccc2)c(C(c2ccccc2)c2ccccc2)c1. The van der Waals surface area contributed by atoms with E-state index in [1.165, 1.54) is 54.6 Å². The van der Waals surface area contributed by atoms with Gasteiger partial charge in [-0.15, -0.1) is 0 Å². The summed E-state index contributed by atoms with van der Waals surface area (Å²) in [5, 5.41) is 3.97. The van der Waals surface area contributed by atoms with Gasteiger partial charge in [0, 0.05) is 11.6 Å². The molecular formula is C45H39NSi. The number of rotatable bonds is 10. The molecular weight excluding hydrogens is 583 g/mol. The number of hydrogen-bond donors (Lipinski definition) is 1. The molecule has 0 spiro atoms. The topological polar surface area (TPSA) is 12.0 Å². The molecule has 0 atom stereocenters. The summed E-state index contributed by atoms with van der Waals surface area (Å²) in [4.78, 5) is 4.48. The zero-order valence-electron chi connectivity index (χ0n) is 26.8. The van der Waals surface area contributed by atoms with Crippen LogP contribution in [0.3, 0.4) is 0 Å². The standard InChI is InChI=1S/C45H39NSi/c1-35-32-39(34-36-20-8-2-9-21-36)45(43(33-35)44(37-22-10-3-11-23-37)38-24-12-4-13-25-38)46-47(40-26-14-5-15-27-40,41-28-16-6-17-29-41)42-30-18-7-19-31-42/h2-33,44,46H,34H2,1H3. The lowest BCUT2D eigenvalue weighted by atomic mass is 9.82. The highest BCUT2D eigenvalue weighted by Crippen LogP contribution is 2.40. The Morgan fingerprint density at radius 1 is 0.468 bits per heavy atom. The highest BCUT2D eigenvalue weighted by molar-refractivity contribution is 7.13. The summed E-state index contributed by atoms with van der Waals surface area (Å²) in [6, 6.07) is 71.0. The molecule has 7 aromatic carbocycles. The second kappa shape index (κ2) is 13.9. The molecule has 0 bridgehead atoms. The van der Waals surface area contributed by atoms with E-state index < -0.39 is 8.24 Å². The zero-order valence-corrected chi connectivity index (χ0v) is 27.8. The lowest BCUT2D eigenvalue weighted by molar-refractivity contribution is 0.970. The smallest absolute Gasteiger partial charge is 0.250 e. The lowest BCUT2D eigenvalue weighted by Crippen LogP contribution is -2.72. The molecule has 0 unspecified atom stereocenters. The summed E-state index contributed by atoms with van der Waals surface area (Å²) in [5.41, 5.74) is 8.96. The molecule has 47 heavy (non-hydrogen) atoms. The van der Waals surface area contributed by atoms with E-state index in [0.717, 1.165) is 6.42 Å². The number of anilines is 1. The molecule has 0 amide bonds. The monoisotopic (exact) mass is 621 g/mol. The van der Waals surface area contributed by atoms with Crippen molar-refractivity contribution in [1.82, 2.24) is 0 Å². The first-order valence-corrected chi connectivity index (χ1v) is 18.4. The van der Waals surface area contributed by atoms with Crippen LogP contribution in [0.2, 0.25) is 0 Å². The predicted octanol–water partition coefficient (Wildman–Crippen LogP) is 8.85. The second-order valence-electron chi connectivity index (χ2n) is 12.3. The van der Waals surface area contributed by atoms with Gasteiger partial charge in [0.1, 0.15) is 0 Å². The van der Waals surface area contributed by atoms with Crippen molar-refractivity contribution in [3.63, 3.8) is 0 Å². The predicted molar refractivity (Wildman–Crippen MR) is 202 cm³/mol. The van der Waals surface area contributed by atoms with E-state index in [-0.39, 0.29) is 5.92 Å². The number of benzene rings is 7. The Kier molecular flexibility index (Phi) is 8.94. The molecule has 0 aliphatic heterocycles. The molecule has 7 aromatic rings. The van der Waals surface area contributed by atoms with Crippen LogP contribution in [-0.2, 0) is 6.42 Å². The molecule has 0 fully saturated rings. The minimum atomic E-state index is -2.86. The van der Waals surface area contributed by atoms with Crippen molar-refractivity contribution in [1.29, 1.82) is 0 Å². The van der Waals surface area contributed by atoms with E-state index in [1.807, 2.05) is 0 Å². The first-order valence-electron chi connectivity index (χ1n) is 16.4. The fourth-order valence-corrected chi connectivity index (χ4v) is 11.2. The average Bonchev–Trinajstić information content (AvgIpc) is 3.14. The lowest BCUT2D eigenvalue weighted by Gasteiger charge is -2.37. The first kappa shape index (κ1) is 30.2. The van der Waals surface area contributed by atoms with Crippen molar-refractivity contribution >= 4 is 29.5 Å². The van der Waals surface area contributed by atoms with Gasteiger partial charge in [-0.3, -0.25) is 0 Å². The van der Waals surface area contributed by atoms with E-state index in [2.05, 4.69) is 206 Å². The van der Waals surface area contributed by atoms with Crippen LogP contribution >= 0.6 is 0 Å². The largest absolute Gasteiger partial charge is 0.400 e. The van der Waals surface area contributed by atoms with Crippen molar-refractivity contribution < 1.29 is 0 Å². The second-order valence-corrected chi connectivity index (χ2v) is 15.8. The third kappa shape index (κ3) is 6.34. The van der Waals surface area contributed by atoms with Gasteiger partial charge in [-0.1, -0.05) is 200 Å². The first-order chi connectivity index (χ1) is 23.2. The van der Waals surface area contributed by atoms with Gasteiger partial charge in [-0.05, 0) is 56.7 Å².